The van der Waals surface area contributed by atoms with Gasteiger partial charge < -0.3 is 9.47 Å². The Hall–Kier alpha value is -2.36. The van der Waals surface area contributed by atoms with Crippen molar-refractivity contribution in [3.8, 4) is 17.1 Å². The standard InChI is InChI=1S/C15H13NO3/c1-18-14-13-11(7-8-19-15(13)17)9-12(16-14)10-5-3-2-4-6-10/h2-6,9H,7-8H2,1H3. The van der Waals surface area contributed by atoms with Crippen molar-refractivity contribution in [3.63, 3.8) is 0 Å². The van der Waals surface area contributed by atoms with Gasteiger partial charge in [-0.25, -0.2) is 9.78 Å². The van der Waals surface area contributed by atoms with E-state index in [1.54, 1.807) is 0 Å². The van der Waals surface area contributed by atoms with Crippen LogP contribution in [0, 0.1) is 0 Å². The number of rotatable bonds is 2. The lowest BCUT2D eigenvalue weighted by Crippen LogP contribution is -2.19. The highest BCUT2D eigenvalue weighted by atomic mass is 16.5. The zero-order valence-corrected chi connectivity index (χ0v) is 10.6. The van der Waals surface area contributed by atoms with Crippen LogP contribution in [0.4, 0.5) is 0 Å². The van der Waals surface area contributed by atoms with E-state index in [0.717, 1.165) is 16.8 Å². The number of cyclic esters (lactones) is 1. The van der Waals surface area contributed by atoms with E-state index < -0.39 is 0 Å². The van der Waals surface area contributed by atoms with Crippen molar-refractivity contribution in [2.24, 2.45) is 0 Å². The van der Waals surface area contributed by atoms with Gasteiger partial charge in [0.15, 0.2) is 0 Å². The Kier molecular flexibility index (Phi) is 2.91. The summed E-state index contributed by atoms with van der Waals surface area (Å²) < 4.78 is 10.3. The molecule has 0 atom stereocenters. The average molecular weight is 255 g/mol. The monoisotopic (exact) mass is 255 g/mol. The highest BCUT2D eigenvalue weighted by molar-refractivity contribution is 5.95. The zero-order valence-electron chi connectivity index (χ0n) is 10.6. The van der Waals surface area contributed by atoms with Crippen molar-refractivity contribution < 1.29 is 14.3 Å². The maximum Gasteiger partial charge on any atom is 0.343 e. The number of hydrogen-bond acceptors (Lipinski definition) is 4. The van der Waals surface area contributed by atoms with Crippen LogP contribution in [-0.2, 0) is 11.2 Å². The molecule has 1 aliphatic heterocycles. The number of aromatic nitrogens is 1. The summed E-state index contributed by atoms with van der Waals surface area (Å²) in [5.41, 5.74) is 3.20. The third kappa shape index (κ3) is 2.05. The normalized spacial score (nSPS) is 13.6. The molecule has 0 aliphatic carbocycles. The van der Waals surface area contributed by atoms with Crippen molar-refractivity contribution >= 4 is 5.97 Å². The second-order valence-electron chi connectivity index (χ2n) is 4.30. The van der Waals surface area contributed by atoms with Gasteiger partial charge in [-0.1, -0.05) is 30.3 Å². The summed E-state index contributed by atoms with van der Waals surface area (Å²) in [5, 5.41) is 0. The number of hydrogen-bond donors (Lipinski definition) is 0. The minimum Gasteiger partial charge on any atom is -0.480 e. The second-order valence-corrected chi connectivity index (χ2v) is 4.30. The summed E-state index contributed by atoms with van der Waals surface area (Å²) in [5.74, 6) is -0.0220. The van der Waals surface area contributed by atoms with Crippen molar-refractivity contribution in [1.82, 2.24) is 4.98 Å². The molecule has 0 fully saturated rings. The Morgan fingerprint density at radius 2 is 2.05 bits per heavy atom. The number of methoxy groups -OCH3 is 1. The molecule has 1 aromatic carbocycles. The van der Waals surface area contributed by atoms with Crippen LogP contribution in [0.3, 0.4) is 0 Å². The molecular weight excluding hydrogens is 242 g/mol. The molecule has 0 bridgehead atoms. The van der Waals surface area contributed by atoms with Gasteiger partial charge in [-0.15, -0.1) is 0 Å². The fraction of sp³-hybridized carbons (Fsp3) is 0.200. The van der Waals surface area contributed by atoms with Crippen molar-refractivity contribution in [2.45, 2.75) is 6.42 Å². The maximum absolute atomic E-state index is 11.8. The molecular formula is C15H13NO3. The Morgan fingerprint density at radius 1 is 1.26 bits per heavy atom. The lowest BCUT2D eigenvalue weighted by molar-refractivity contribution is 0.0474. The number of carbonyl (C=O) groups excluding carboxylic acids is 1. The van der Waals surface area contributed by atoms with Gasteiger partial charge in [-0.2, -0.15) is 0 Å². The fourth-order valence-corrected chi connectivity index (χ4v) is 2.22. The van der Waals surface area contributed by atoms with Crippen LogP contribution in [-0.4, -0.2) is 24.7 Å². The summed E-state index contributed by atoms with van der Waals surface area (Å²) in [4.78, 5) is 16.2. The summed E-state index contributed by atoms with van der Waals surface area (Å²) in [6.07, 6.45) is 0.694. The molecule has 0 saturated carbocycles. The minimum absolute atomic E-state index is 0.334. The van der Waals surface area contributed by atoms with Crippen LogP contribution in [0.5, 0.6) is 5.88 Å². The second kappa shape index (κ2) is 4.72. The van der Waals surface area contributed by atoms with E-state index in [2.05, 4.69) is 4.98 Å². The summed E-state index contributed by atoms with van der Waals surface area (Å²) in [6.45, 7) is 0.410. The van der Waals surface area contributed by atoms with Gasteiger partial charge in [0.1, 0.15) is 5.56 Å². The first-order chi connectivity index (χ1) is 9.29. The number of esters is 1. The molecule has 4 heteroatoms. The topological polar surface area (TPSA) is 48.4 Å². The van der Waals surface area contributed by atoms with Crippen LogP contribution in [0.1, 0.15) is 15.9 Å². The third-order valence-electron chi connectivity index (χ3n) is 3.14. The van der Waals surface area contributed by atoms with E-state index in [1.165, 1.54) is 7.11 Å². The molecule has 0 N–H and O–H groups in total. The number of ether oxygens (including phenoxy) is 2. The Labute approximate surface area is 111 Å². The van der Waals surface area contributed by atoms with E-state index in [4.69, 9.17) is 9.47 Å². The third-order valence-corrected chi connectivity index (χ3v) is 3.14. The predicted octanol–water partition coefficient (Wildman–Crippen LogP) is 2.47. The maximum atomic E-state index is 11.8. The van der Waals surface area contributed by atoms with Crippen LogP contribution in [0.2, 0.25) is 0 Å². The molecule has 0 radical (unpaired) electrons. The first kappa shape index (κ1) is 11.7. The number of benzene rings is 1. The van der Waals surface area contributed by atoms with E-state index in [1.807, 2.05) is 36.4 Å². The molecule has 0 amide bonds. The number of carbonyl (C=O) groups is 1. The highest BCUT2D eigenvalue weighted by Crippen LogP contribution is 2.29. The Morgan fingerprint density at radius 3 is 2.79 bits per heavy atom. The van der Waals surface area contributed by atoms with Crippen LogP contribution in [0.15, 0.2) is 36.4 Å². The highest BCUT2D eigenvalue weighted by Gasteiger charge is 2.25. The molecule has 4 nitrogen and oxygen atoms in total. The van der Waals surface area contributed by atoms with Crippen molar-refractivity contribution in [1.29, 1.82) is 0 Å². The van der Waals surface area contributed by atoms with E-state index in [9.17, 15) is 4.79 Å². The molecule has 2 heterocycles. The lowest BCUT2D eigenvalue weighted by atomic mass is 10.0. The smallest absolute Gasteiger partial charge is 0.343 e. The predicted molar refractivity (Wildman–Crippen MR) is 70.2 cm³/mol. The molecule has 0 spiro atoms. The van der Waals surface area contributed by atoms with Gasteiger partial charge in [0.05, 0.1) is 19.4 Å². The molecule has 0 saturated heterocycles. The number of pyridine rings is 1. The molecule has 19 heavy (non-hydrogen) atoms. The average Bonchev–Trinajstić information content (AvgIpc) is 2.47. The molecule has 1 aliphatic rings. The first-order valence-electron chi connectivity index (χ1n) is 6.10. The molecule has 2 aromatic rings. The zero-order chi connectivity index (χ0) is 13.2. The largest absolute Gasteiger partial charge is 0.480 e. The fourth-order valence-electron chi connectivity index (χ4n) is 2.22. The number of fused-ring (bicyclic) bond motifs is 1. The SMILES string of the molecule is COc1nc(-c2ccccc2)cc2c1C(=O)OCC2. The summed E-state index contributed by atoms with van der Waals surface area (Å²) in [6, 6.07) is 11.8. The van der Waals surface area contributed by atoms with Gasteiger partial charge in [0, 0.05) is 12.0 Å². The van der Waals surface area contributed by atoms with Gasteiger partial charge in [-0.05, 0) is 11.6 Å². The molecule has 96 valence electrons. The summed E-state index contributed by atoms with van der Waals surface area (Å²) >= 11 is 0. The van der Waals surface area contributed by atoms with Crippen molar-refractivity contribution in [2.75, 3.05) is 13.7 Å². The van der Waals surface area contributed by atoms with Gasteiger partial charge in [0.2, 0.25) is 5.88 Å². The van der Waals surface area contributed by atoms with E-state index >= 15 is 0 Å². The quantitative estimate of drug-likeness (QED) is 0.773. The summed E-state index contributed by atoms with van der Waals surface area (Å²) in [7, 11) is 1.51. The van der Waals surface area contributed by atoms with E-state index in [-0.39, 0.29) is 5.97 Å². The van der Waals surface area contributed by atoms with Crippen LogP contribution < -0.4 is 4.74 Å². The van der Waals surface area contributed by atoms with Crippen LogP contribution in [0.25, 0.3) is 11.3 Å². The van der Waals surface area contributed by atoms with Gasteiger partial charge in [0.25, 0.3) is 0 Å². The number of nitrogens with zero attached hydrogens (tertiary/aromatic N) is 1. The molecule has 3 rings (SSSR count). The van der Waals surface area contributed by atoms with E-state index in [0.29, 0.717) is 24.5 Å². The van der Waals surface area contributed by atoms with Gasteiger partial charge in [-0.3, -0.25) is 0 Å². The van der Waals surface area contributed by atoms with Crippen LogP contribution >= 0.6 is 0 Å². The Bertz CT molecular complexity index is 606. The van der Waals surface area contributed by atoms with Gasteiger partial charge >= 0.3 is 5.97 Å². The first-order valence-corrected chi connectivity index (χ1v) is 6.10. The molecule has 0 unspecified atom stereocenters. The lowest BCUT2D eigenvalue weighted by Gasteiger charge is -2.18. The van der Waals surface area contributed by atoms with Crippen molar-refractivity contribution in [3.05, 3.63) is 47.5 Å². The molecule has 1 aromatic heterocycles. The Balaban J connectivity index is 2.17. The minimum atomic E-state index is -0.356.